The largest absolute Gasteiger partial charge is 0.480 e. The number of imidazole rings is 1. The molecule has 0 unspecified atom stereocenters. The molecular formula is C26H24FN3O3. The molecule has 3 aromatic carbocycles. The fourth-order valence-corrected chi connectivity index (χ4v) is 3.86. The van der Waals surface area contributed by atoms with Gasteiger partial charge in [0.25, 0.3) is 5.91 Å². The number of nitrogens with zero attached hydrogens (tertiary/aromatic N) is 3. The summed E-state index contributed by atoms with van der Waals surface area (Å²) >= 11 is 0. The molecule has 0 aliphatic heterocycles. The second-order valence-corrected chi connectivity index (χ2v) is 7.93. The number of carboxylic acid groups (broad SMARTS) is 1. The van der Waals surface area contributed by atoms with E-state index in [2.05, 4.69) is 9.55 Å². The van der Waals surface area contributed by atoms with Gasteiger partial charge in [0, 0.05) is 18.7 Å². The average molecular weight is 445 g/mol. The van der Waals surface area contributed by atoms with E-state index in [4.69, 9.17) is 0 Å². The van der Waals surface area contributed by atoms with Gasteiger partial charge in [-0.05, 0) is 54.8 Å². The minimum atomic E-state index is -1.09. The molecule has 0 aliphatic carbocycles. The van der Waals surface area contributed by atoms with Gasteiger partial charge >= 0.3 is 5.97 Å². The van der Waals surface area contributed by atoms with Crippen molar-refractivity contribution in [3.8, 4) is 0 Å². The highest BCUT2D eigenvalue weighted by molar-refractivity contribution is 5.98. The third-order valence-corrected chi connectivity index (χ3v) is 5.57. The Morgan fingerprint density at radius 1 is 1.00 bits per heavy atom. The van der Waals surface area contributed by atoms with E-state index in [1.54, 1.807) is 24.3 Å². The van der Waals surface area contributed by atoms with Gasteiger partial charge < -0.3 is 14.6 Å². The Kier molecular flexibility index (Phi) is 6.49. The summed E-state index contributed by atoms with van der Waals surface area (Å²) in [5, 5.41) is 9.31. The van der Waals surface area contributed by atoms with Crippen LogP contribution in [0, 0.1) is 12.7 Å². The molecule has 0 aliphatic rings. The number of hydrogen-bond donors (Lipinski definition) is 1. The summed E-state index contributed by atoms with van der Waals surface area (Å²) in [7, 11) is 0. The maximum atomic E-state index is 13.2. The molecule has 4 aromatic rings. The molecule has 7 heteroatoms. The number of benzene rings is 3. The number of carbonyl (C=O) groups excluding carboxylic acids is 1. The molecule has 1 amide bonds. The molecule has 6 nitrogen and oxygen atoms in total. The van der Waals surface area contributed by atoms with E-state index in [1.165, 1.54) is 17.0 Å². The average Bonchev–Trinajstić information content (AvgIpc) is 3.12. The maximum Gasteiger partial charge on any atom is 0.323 e. The van der Waals surface area contributed by atoms with Crippen molar-refractivity contribution >= 4 is 22.9 Å². The molecular weight excluding hydrogens is 421 g/mol. The SMILES string of the molecule is Cc1nc2cc(C(=O)N(CCc3ccc(F)cc3)CC(=O)O)ccc2n1Cc1ccccc1. The molecule has 0 bridgehead atoms. The summed E-state index contributed by atoms with van der Waals surface area (Å²) in [6.07, 6.45) is 0.423. The van der Waals surface area contributed by atoms with Gasteiger partial charge in [0.1, 0.15) is 18.2 Å². The van der Waals surface area contributed by atoms with Crippen LogP contribution in [0.3, 0.4) is 0 Å². The summed E-state index contributed by atoms with van der Waals surface area (Å²) < 4.78 is 15.2. The van der Waals surface area contributed by atoms with E-state index in [9.17, 15) is 19.1 Å². The first kappa shape index (κ1) is 22.2. The van der Waals surface area contributed by atoms with Crippen molar-refractivity contribution in [2.24, 2.45) is 0 Å². The van der Waals surface area contributed by atoms with Crippen molar-refractivity contribution in [2.45, 2.75) is 19.9 Å². The molecule has 0 saturated carbocycles. The molecule has 0 atom stereocenters. The zero-order valence-corrected chi connectivity index (χ0v) is 18.2. The molecule has 1 aromatic heterocycles. The Hall–Kier alpha value is -4.00. The van der Waals surface area contributed by atoms with Gasteiger partial charge in [0.05, 0.1) is 11.0 Å². The zero-order valence-electron chi connectivity index (χ0n) is 18.2. The number of rotatable bonds is 8. The van der Waals surface area contributed by atoms with Crippen molar-refractivity contribution in [1.82, 2.24) is 14.5 Å². The Balaban J connectivity index is 1.56. The van der Waals surface area contributed by atoms with Gasteiger partial charge in [-0.3, -0.25) is 9.59 Å². The molecule has 33 heavy (non-hydrogen) atoms. The number of fused-ring (bicyclic) bond motifs is 1. The Labute approximate surface area is 190 Å². The van der Waals surface area contributed by atoms with Crippen LogP contribution in [-0.4, -0.2) is 44.5 Å². The Morgan fingerprint density at radius 2 is 1.73 bits per heavy atom. The summed E-state index contributed by atoms with van der Waals surface area (Å²) in [5.41, 5.74) is 3.94. The van der Waals surface area contributed by atoms with Crippen molar-refractivity contribution in [3.63, 3.8) is 0 Å². The number of carbonyl (C=O) groups is 2. The fraction of sp³-hybridized carbons (Fsp3) is 0.192. The predicted molar refractivity (Wildman–Crippen MR) is 124 cm³/mol. The van der Waals surface area contributed by atoms with Gasteiger partial charge in [0.15, 0.2) is 0 Å². The van der Waals surface area contributed by atoms with Crippen LogP contribution >= 0.6 is 0 Å². The smallest absolute Gasteiger partial charge is 0.323 e. The first-order valence-electron chi connectivity index (χ1n) is 10.7. The lowest BCUT2D eigenvalue weighted by Gasteiger charge is -2.21. The van der Waals surface area contributed by atoms with Crippen molar-refractivity contribution in [3.05, 3.63) is 101 Å². The number of hydrogen-bond acceptors (Lipinski definition) is 3. The van der Waals surface area contributed by atoms with Gasteiger partial charge in [-0.1, -0.05) is 42.5 Å². The van der Waals surface area contributed by atoms with Gasteiger partial charge in [-0.15, -0.1) is 0 Å². The maximum absolute atomic E-state index is 13.2. The van der Waals surface area contributed by atoms with Gasteiger partial charge in [-0.25, -0.2) is 9.37 Å². The molecule has 0 radical (unpaired) electrons. The van der Waals surface area contributed by atoms with Crippen LogP contribution in [0.4, 0.5) is 4.39 Å². The third kappa shape index (κ3) is 5.26. The van der Waals surface area contributed by atoms with Crippen molar-refractivity contribution in [1.29, 1.82) is 0 Å². The van der Waals surface area contributed by atoms with E-state index < -0.39 is 12.5 Å². The number of amides is 1. The zero-order chi connectivity index (χ0) is 23.4. The molecule has 0 saturated heterocycles. The minimum Gasteiger partial charge on any atom is -0.480 e. The lowest BCUT2D eigenvalue weighted by atomic mass is 10.1. The standard InChI is InChI=1S/C26H24FN3O3/c1-18-28-23-15-21(9-12-24(23)30(18)16-20-5-3-2-4-6-20)26(33)29(17-25(31)32)14-13-19-7-10-22(27)11-8-19/h2-12,15H,13-14,16-17H2,1H3,(H,31,32). The van der Waals surface area contributed by atoms with Crippen LogP contribution in [0.15, 0.2) is 72.8 Å². The van der Waals surface area contributed by atoms with Crippen molar-refractivity contribution in [2.75, 3.05) is 13.1 Å². The predicted octanol–water partition coefficient (Wildman–Crippen LogP) is 4.30. The topological polar surface area (TPSA) is 75.4 Å². The molecule has 4 rings (SSSR count). The second kappa shape index (κ2) is 9.65. The van der Waals surface area contributed by atoms with E-state index in [1.807, 2.05) is 43.3 Å². The normalized spacial score (nSPS) is 11.0. The van der Waals surface area contributed by atoms with E-state index >= 15 is 0 Å². The Bertz CT molecular complexity index is 1280. The van der Waals surface area contributed by atoms with Crippen molar-refractivity contribution < 1.29 is 19.1 Å². The lowest BCUT2D eigenvalue weighted by molar-refractivity contribution is -0.137. The summed E-state index contributed by atoms with van der Waals surface area (Å²) in [6, 6.07) is 21.3. The molecule has 0 fully saturated rings. The molecule has 1 heterocycles. The van der Waals surface area contributed by atoms with E-state index in [0.717, 1.165) is 22.5 Å². The highest BCUT2D eigenvalue weighted by Crippen LogP contribution is 2.20. The summed E-state index contributed by atoms with van der Waals surface area (Å²) in [6.45, 7) is 2.37. The summed E-state index contributed by atoms with van der Waals surface area (Å²) in [5.74, 6) is -0.979. The molecule has 1 N–H and O–H groups in total. The number of aryl methyl sites for hydroxylation is 1. The van der Waals surface area contributed by atoms with Crippen LogP contribution in [0.2, 0.25) is 0 Å². The number of halogens is 1. The van der Waals surface area contributed by atoms with Crippen LogP contribution in [-0.2, 0) is 17.8 Å². The van der Waals surface area contributed by atoms with Gasteiger partial charge in [-0.2, -0.15) is 0 Å². The number of carboxylic acids is 1. The van der Waals surface area contributed by atoms with E-state index in [0.29, 0.717) is 24.0 Å². The van der Waals surface area contributed by atoms with Crippen LogP contribution in [0.25, 0.3) is 11.0 Å². The second-order valence-electron chi connectivity index (χ2n) is 7.93. The Morgan fingerprint density at radius 3 is 2.42 bits per heavy atom. The third-order valence-electron chi connectivity index (χ3n) is 5.57. The lowest BCUT2D eigenvalue weighted by Crippen LogP contribution is -2.37. The first-order chi connectivity index (χ1) is 15.9. The highest BCUT2D eigenvalue weighted by Gasteiger charge is 2.20. The first-order valence-corrected chi connectivity index (χ1v) is 10.7. The highest BCUT2D eigenvalue weighted by atomic mass is 19.1. The monoisotopic (exact) mass is 445 g/mol. The molecule has 0 spiro atoms. The quantitative estimate of drug-likeness (QED) is 0.439. The van der Waals surface area contributed by atoms with Crippen LogP contribution < -0.4 is 0 Å². The summed E-state index contributed by atoms with van der Waals surface area (Å²) in [4.78, 5) is 30.4. The number of aliphatic carboxylic acids is 1. The van der Waals surface area contributed by atoms with Crippen LogP contribution in [0.5, 0.6) is 0 Å². The van der Waals surface area contributed by atoms with Crippen LogP contribution in [0.1, 0.15) is 27.3 Å². The minimum absolute atomic E-state index is 0.205. The van der Waals surface area contributed by atoms with E-state index in [-0.39, 0.29) is 18.3 Å². The fourth-order valence-electron chi connectivity index (χ4n) is 3.86. The number of aromatic nitrogens is 2. The van der Waals surface area contributed by atoms with Gasteiger partial charge in [0.2, 0.25) is 0 Å². The molecule has 168 valence electrons.